The second-order valence-corrected chi connectivity index (χ2v) is 5.85. The van der Waals surface area contributed by atoms with E-state index in [0.717, 1.165) is 15.8 Å². The second-order valence-electron chi connectivity index (χ2n) is 4.59. The first-order chi connectivity index (χ1) is 9.15. The lowest BCUT2D eigenvalue weighted by Gasteiger charge is -2.00. The standard InChI is InChI=1S/C16H13NOS/c1-10-8-15(19-11(10)2)16(18)13-6-5-12-4-3-7-17-14(12)9-13/h3-9H,1-2H3. The number of pyridine rings is 1. The Labute approximate surface area is 115 Å². The van der Waals surface area contributed by atoms with Crippen LogP contribution in [0.25, 0.3) is 10.9 Å². The van der Waals surface area contributed by atoms with Crippen molar-refractivity contribution >= 4 is 28.0 Å². The predicted octanol–water partition coefficient (Wildman–Crippen LogP) is 4.14. The number of rotatable bonds is 2. The maximum Gasteiger partial charge on any atom is 0.203 e. The summed E-state index contributed by atoms with van der Waals surface area (Å²) in [6, 6.07) is 11.5. The molecule has 2 nitrogen and oxygen atoms in total. The van der Waals surface area contributed by atoms with E-state index in [1.165, 1.54) is 10.4 Å². The summed E-state index contributed by atoms with van der Waals surface area (Å²) in [5.74, 6) is 0.0775. The molecule has 0 unspecified atom stereocenters. The van der Waals surface area contributed by atoms with E-state index in [-0.39, 0.29) is 5.78 Å². The van der Waals surface area contributed by atoms with Crippen molar-refractivity contribution in [2.24, 2.45) is 0 Å². The maximum absolute atomic E-state index is 12.4. The van der Waals surface area contributed by atoms with Crippen LogP contribution in [-0.4, -0.2) is 10.8 Å². The van der Waals surface area contributed by atoms with Crippen molar-refractivity contribution in [1.29, 1.82) is 0 Å². The number of carbonyl (C=O) groups excluding carboxylic acids is 1. The molecule has 0 aliphatic heterocycles. The van der Waals surface area contributed by atoms with Gasteiger partial charge in [0.1, 0.15) is 0 Å². The van der Waals surface area contributed by atoms with Crippen LogP contribution in [0.1, 0.15) is 25.7 Å². The monoisotopic (exact) mass is 267 g/mol. The summed E-state index contributed by atoms with van der Waals surface area (Å²) in [6.07, 6.45) is 1.75. The molecule has 3 aromatic rings. The van der Waals surface area contributed by atoms with Crippen LogP contribution in [0.3, 0.4) is 0 Å². The number of nitrogens with zero attached hydrogens (tertiary/aromatic N) is 1. The third kappa shape index (κ3) is 2.17. The molecule has 0 fully saturated rings. The van der Waals surface area contributed by atoms with E-state index in [9.17, 15) is 4.79 Å². The summed E-state index contributed by atoms with van der Waals surface area (Å²) in [4.78, 5) is 18.7. The molecule has 2 aromatic heterocycles. The summed E-state index contributed by atoms with van der Waals surface area (Å²) in [7, 11) is 0. The molecule has 0 atom stereocenters. The summed E-state index contributed by atoms with van der Waals surface area (Å²) in [5.41, 5.74) is 2.73. The largest absolute Gasteiger partial charge is 0.288 e. The number of hydrogen-bond donors (Lipinski definition) is 0. The van der Waals surface area contributed by atoms with E-state index < -0.39 is 0 Å². The Kier molecular flexibility index (Phi) is 2.91. The third-order valence-electron chi connectivity index (χ3n) is 3.26. The molecule has 0 bridgehead atoms. The zero-order valence-corrected chi connectivity index (χ0v) is 11.6. The highest BCUT2D eigenvalue weighted by Gasteiger charge is 2.13. The fourth-order valence-electron chi connectivity index (χ4n) is 2.04. The topological polar surface area (TPSA) is 30.0 Å². The highest BCUT2D eigenvalue weighted by atomic mass is 32.1. The van der Waals surface area contributed by atoms with E-state index >= 15 is 0 Å². The second kappa shape index (κ2) is 4.59. The van der Waals surface area contributed by atoms with E-state index in [0.29, 0.717) is 5.56 Å². The molecule has 94 valence electrons. The Morgan fingerprint density at radius 1 is 1.16 bits per heavy atom. The average molecular weight is 267 g/mol. The third-order valence-corrected chi connectivity index (χ3v) is 4.41. The van der Waals surface area contributed by atoms with Crippen LogP contribution in [0, 0.1) is 13.8 Å². The molecule has 0 aliphatic rings. The van der Waals surface area contributed by atoms with Gasteiger partial charge in [0.05, 0.1) is 10.4 Å². The molecule has 19 heavy (non-hydrogen) atoms. The molecule has 3 heteroatoms. The summed E-state index contributed by atoms with van der Waals surface area (Å²) in [6.45, 7) is 4.07. The number of benzene rings is 1. The first kappa shape index (κ1) is 12.1. The smallest absolute Gasteiger partial charge is 0.203 e. The minimum atomic E-state index is 0.0775. The van der Waals surface area contributed by atoms with Gasteiger partial charge in [0, 0.05) is 22.0 Å². The lowest BCUT2D eigenvalue weighted by molar-refractivity contribution is 0.104. The molecular formula is C16H13NOS. The summed E-state index contributed by atoms with van der Waals surface area (Å²) >= 11 is 1.55. The molecule has 0 amide bonds. The van der Waals surface area contributed by atoms with Gasteiger partial charge in [0.25, 0.3) is 0 Å². The fraction of sp³-hybridized carbons (Fsp3) is 0.125. The van der Waals surface area contributed by atoms with E-state index in [1.54, 1.807) is 17.5 Å². The van der Waals surface area contributed by atoms with Crippen molar-refractivity contribution in [2.45, 2.75) is 13.8 Å². The van der Waals surface area contributed by atoms with E-state index in [1.807, 2.05) is 50.2 Å². The predicted molar refractivity (Wildman–Crippen MR) is 79.0 cm³/mol. The minimum absolute atomic E-state index is 0.0775. The van der Waals surface area contributed by atoms with Crippen LogP contribution in [0.15, 0.2) is 42.6 Å². The van der Waals surface area contributed by atoms with Crippen molar-refractivity contribution < 1.29 is 4.79 Å². The number of aryl methyl sites for hydroxylation is 2. The van der Waals surface area contributed by atoms with Crippen molar-refractivity contribution in [3.63, 3.8) is 0 Å². The van der Waals surface area contributed by atoms with Crippen molar-refractivity contribution in [2.75, 3.05) is 0 Å². The van der Waals surface area contributed by atoms with Gasteiger partial charge in [0.15, 0.2) is 0 Å². The van der Waals surface area contributed by atoms with Crippen molar-refractivity contribution in [3.05, 3.63) is 63.5 Å². The quantitative estimate of drug-likeness (QED) is 0.653. The number of fused-ring (bicyclic) bond motifs is 1. The van der Waals surface area contributed by atoms with Gasteiger partial charge in [-0.05, 0) is 37.6 Å². The normalized spacial score (nSPS) is 10.8. The zero-order valence-electron chi connectivity index (χ0n) is 10.8. The lowest BCUT2D eigenvalue weighted by atomic mass is 10.1. The molecule has 0 saturated heterocycles. The first-order valence-corrected chi connectivity index (χ1v) is 6.93. The molecule has 3 rings (SSSR count). The molecular weight excluding hydrogens is 254 g/mol. The molecule has 0 spiro atoms. The van der Waals surface area contributed by atoms with Crippen molar-refractivity contribution in [1.82, 2.24) is 4.98 Å². The Balaban J connectivity index is 2.06. The Hall–Kier alpha value is -2.00. The molecule has 0 saturated carbocycles. The Morgan fingerprint density at radius 3 is 2.74 bits per heavy atom. The molecule has 1 aromatic carbocycles. The van der Waals surface area contributed by atoms with Gasteiger partial charge in [-0.3, -0.25) is 9.78 Å². The number of aromatic nitrogens is 1. The van der Waals surface area contributed by atoms with Gasteiger partial charge < -0.3 is 0 Å². The number of thiophene rings is 1. The molecule has 0 N–H and O–H groups in total. The Morgan fingerprint density at radius 2 is 2.00 bits per heavy atom. The van der Waals surface area contributed by atoms with Crippen LogP contribution in [0.2, 0.25) is 0 Å². The average Bonchev–Trinajstić information content (AvgIpc) is 2.77. The molecule has 0 aliphatic carbocycles. The van der Waals surface area contributed by atoms with Gasteiger partial charge in [0.2, 0.25) is 5.78 Å². The number of carbonyl (C=O) groups is 1. The van der Waals surface area contributed by atoms with Crippen molar-refractivity contribution in [3.8, 4) is 0 Å². The van der Waals surface area contributed by atoms with Crippen LogP contribution >= 0.6 is 11.3 Å². The fourth-order valence-corrected chi connectivity index (χ4v) is 3.03. The van der Waals surface area contributed by atoms with Gasteiger partial charge in [-0.15, -0.1) is 11.3 Å². The van der Waals surface area contributed by atoms with E-state index in [4.69, 9.17) is 0 Å². The van der Waals surface area contributed by atoms with Crippen LogP contribution in [-0.2, 0) is 0 Å². The highest BCUT2D eigenvalue weighted by Crippen LogP contribution is 2.24. The minimum Gasteiger partial charge on any atom is -0.288 e. The van der Waals surface area contributed by atoms with Crippen LogP contribution in [0.4, 0.5) is 0 Å². The van der Waals surface area contributed by atoms with E-state index in [2.05, 4.69) is 4.98 Å². The summed E-state index contributed by atoms with van der Waals surface area (Å²) in [5, 5.41) is 1.05. The summed E-state index contributed by atoms with van der Waals surface area (Å²) < 4.78 is 0. The number of ketones is 1. The first-order valence-electron chi connectivity index (χ1n) is 6.11. The SMILES string of the molecule is Cc1cc(C(=O)c2ccc3cccnc3c2)sc1C. The zero-order chi connectivity index (χ0) is 13.4. The van der Waals surface area contributed by atoms with Gasteiger partial charge in [-0.1, -0.05) is 18.2 Å². The van der Waals surface area contributed by atoms with Crippen LogP contribution < -0.4 is 0 Å². The van der Waals surface area contributed by atoms with Crippen LogP contribution in [0.5, 0.6) is 0 Å². The number of hydrogen-bond acceptors (Lipinski definition) is 3. The van der Waals surface area contributed by atoms with Gasteiger partial charge in [-0.25, -0.2) is 0 Å². The highest BCUT2D eigenvalue weighted by molar-refractivity contribution is 7.14. The molecule has 0 radical (unpaired) electrons. The maximum atomic E-state index is 12.4. The van der Waals surface area contributed by atoms with Gasteiger partial charge in [-0.2, -0.15) is 0 Å². The molecule has 2 heterocycles. The lowest BCUT2D eigenvalue weighted by Crippen LogP contribution is -1.98. The Bertz CT molecular complexity index is 754. The van der Waals surface area contributed by atoms with Gasteiger partial charge >= 0.3 is 0 Å².